The number of anilines is 1. The molecule has 0 atom stereocenters. The maximum atomic E-state index is 12.6. The molecule has 1 aromatic carbocycles. The Morgan fingerprint density at radius 3 is 2.55 bits per heavy atom. The molecule has 0 saturated carbocycles. The van der Waals surface area contributed by atoms with Gasteiger partial charge in [0.2, 0.25) is 0 Å². The molecule has 0 bridgehead atoms. The van der Waals surface area contributed by atoms with E-state index in [2.05, 4.69) is 25.0 Å². The van der Waals surface area contributed by atoms with Gasteiger partial charge in [-0.2, -0.15) is 9.61 Å². The molecular formula is C20H13ClN6O2S2. The molecule has 0 fully saturated rings. The third-order valence-corrected chi connectivity index (χ3v) is 7.53. The highest BCUT2D eigenvalue weighted by atomic mass is 35.5. The number of nitrogens with one attached hydrogen (secondary N) is 1. The predicted molar refractivity (Wildman–Crippen MR) is 120 cm³/mol. The lowest BCUT2D eigenvalue weighted by Crippen LogP contribution is -2.11. The second kappa shape index (κ2) is 7.73. The number of rotatable bonds is 5. The van der Waals surface area contributed by atoms with Crippen molar-refractivity contribution in [1.29, 1.82) is 0 Å². The average Bonchev–Trinajstić information content (AvgIpc) is 3.40. The van der Waals surface area contributed by atoms with Crippen molar-refractivity contribution in [2.24, 2.45) is 0 Å². The Morgan fingerprint density at radius 2 is 1.77 bits per heavy atom. The van der Waals surface area contributed by atoms with Gasteiger partial charge in [0, 0.05) is 29.2 Å². The van der Waals surface area contributed by atoms with Crippen LogP contribution in [-0.2, 0) is 10.0 Å². The van der Waals surface area contributed by atoms with Crippen molar-refractivity contribution in [2.75, 3.05) is 4.72 Å². The molecule has 0 aliphatic heterocycles. The Labute approximate surface area is 186 Å². The molecule has 0 radical (unpaired) electrons. The van der Waals surface area contributed by atoms with Crippen LogP contribution in [0.2, 0.25) is 4.34 Å². The summed E-state index contributed by atoms with van der Waals surface area (Å²) in [7, 11) is -3.73. The zero-order valence-electron chi connectivity index (χ0n) is 15.7. The lowest BCUT2D eigenvalue weighted by molar-refractivity contribution is 0.603. The number of sulfonamides is 1. The Kier molecular flexibility index (Phi) is 4.89. The fourth-order valence-corrected chi connectivity index (χ4v) is 5.55. The molecule has 0 saturated heterocycles. The van der Waals surface area contributed by atoms with E-state index in [4.69, 9.17) is 11.6 Å². The molecule has 0 spiro atoms. The number of fused-ring (bicyclic) bond motifs is 1. The number of hydrogen-bond donors (Lipinski definition) is 1. The van der Waals surface area contributed by atoms with Crippen molar-refractivity contribution in [3.05, 3.63) is 77.4 Å². The van der Waals surface area contributed by atoms with Gasteiger partial charge in [0.05, 0.1) is 10.0 Å². The van der Waals surface area contributed by atoms with E-state index < -0.39 is 10.0 Å². The van der Waals surface area contributed by atoms with Gasteiger partial charge in [-0.15, -0.1) is 21.5 Å². The second-order valence-electron chi connectivity index (χ2n) is 6.49. The summed E-state index contributed by atoms with van der Waals surface area (Å²) in [4.78, 5) is 4.02. The molecule has 4 heterocycles. The first-order valence-electron chi connectivity index (χ1n) is 9.01. The zero-order chi connectivity index (χ0) is 21.4. The fraction of sp³-hybridized carbons (Fsp3) is 0. The van der Waals surface area contributed by atoms with E-state index >= 15 is 0 Å². The van der Waals surface area contributed by atoms with E-state index in [1.54, 1.807) is 41.2 Å². The third-order valence-electron chi connectivity index (χ3n) is 4.43. The monoisotopic (exact) mass is 468 g/mol. The van der Waals surface area contributed by atoms with Crippen molar-refractivity contribution in [3.8, 4) is 22.6 Å². The molecule has 0 unspecified atom stereocenters. The lowest BCUT2D eigenvalue weighted by atomic mass is 10.1. The van der Waals surface area contributed by atoms with Gasteiger partial charge in [-0.05, 0) is 48.5 Å². The first-order valence-corrected chi connectivity index (χ1v) is 11.7. The summed E-state index contributed by atoms with van der Waals surface area (Å²) in [5.74, 6) is 0.589. The molecule has 5 aromatic rings. The first-order chi connectivity index (χ1) is 15.0. The molecule has 154 valence electrons. The predicted octanol–water partition coefficient (Wildman–Crippen LogP) is 4.37. The van der Waals surface area contributed by atoms with Crippen molar-refractivity contribution in [1.82, 2.24) is 24.8 Å². The van der Waals surface area contributed by atoms with Crippen molar-refractivity contribution in [2.45, 2.75) is 4.21 Å². The number of thiophene rings is 1. The van der Waals surface area contributed by atoms with Crippen LogP contribution in [0.1, 0.15) is 0 Å². The third kappa shape index (κ3) is 3.88. The molecule has 8 nitrogen and oxygen atoms in total. The van der Waals surface area contributed by atoms with Gasteiger partial charge in [-0.1, -0.05) is 23.7 Å². The Morgan fingerprint density at radius 1 is 0.935 bits per heavy atom. The normalized spacial score (nSPS) is 11.6. The summed E-state index contributed by atoms with van der Waals surface area (Å²) in [5, 5.41) is 13.0. The molecule has 0 aliphatic carbocycles. The van der Waals surface area contributed by atoms with E-state index in [1.165, 1.54) is 6.07 Å². The van der Waals surface area contributed by atoms with Gasteiger partial charge in [0.25, 0.3) is 10.0 Å². The standard InChI is InChI=1S/C20H13ClN6O2S2/c21-17-5-7-19(30-17)31(28,29)26-15-3-1-2-14(12-15)16-4-6-18-23-24-20(27(18)25-16)13-8-10-22-11-9-13/h1-12,26H. The Bertz CT molecular complexity index is 1500. The van der Waals surface area contributed by atoms with Crippen molar-refractivity contribution < 1.29 is 8.42 Å². The zero-order valence-corrected chi connectivity index (χ0v) is 18.1. The number of nitrogens with zero attached hydrogens (tertiary/aromatic N) is 5. The minimum Gasteiger partial charge on any atom is -0.279 e. The lowest BCUT2D eigenvalue weighted by Gasteiger charge is -2.08. The van der Waals surface area contributed by atoms with E-state index in [9.17, 15) is 8.42 Å². The van der Waals surface area contributed by atoms with Crippen LogP contribution in [0.25, 0.3) is 28.3 Å². The summed E-state index contributed by atoms with van der Waals surface area (Å²) < 4.78 is 30.0. The summed E-state index contributed by atoms with van der Waals surface area (Å²) in [5.41, 5.74) is 3.23. The number of benzene rings is 1. The van der Waals surface area contributed by atoms with Crippen molar-refractivity contribution in [3.63, 3.8) is 0 Å². The van der Waals surface area contributed by atoms with Crippen LogP contribution >= 0.6 is 22.9 Å². The van der Waals surface area contributed by atoms with E-state index in [-0.39, 0.29) is 4.21 Å². The van der Waals surface area contributed by atoms with Crippen LogP contribution < -0.4 is 4.72 Å². The SMILES string of the molecule is O=S(=O)(Nc1cccc(-c2ccc3nnc(-c4ccncc4)n3n2)c1)c1ccc(Cl)s1. The Balaban J connectivity index is 1.51. The largest absolute Gasteiger partial charge is 0.279 e. The van der Waals surface area contributed by atoms with E-state index in [0.29, 0.717) is 27.2 Å². The minimum atomic E-state index is -3.73. The number of hydrogen-bond acceptors (Lipinski definition) is 7. The number of halogens is 1. The summed E-state index contributed by atoms with van der Waals surface area (Å²) in [6.07, 6.45) is 3.35. The van der Waals surface area contributed by atoms with Gasteiger partial charge >= 0.3 is 0 Å². The summed E-state index contributed by atoms with van der Waals surface area (Å²) >= 11 is 6.87. The van der Waals surface area contributed by atoms with Crippen LogP contribution in [-0.4, -0.2) is 33.2 Å². The smallest absolute Gasteiger partial charge is 0.271 e. The van der Waals surface area contributed by atoms with Crippen LogP contribution in [0, 0.1) is 0 Å². The topological polar surface area (TPSA) is 102 Å². The van der Waals surface area contributed by atoms with Gasteiger partial charge in [0.15, 0.2) is 11.5 Å². The highest BCUT2D eigenvalue weighted by Gasteiger charge is 2.17. The molecule has 4 aromatic heterocycles. The molecule has 5 rings (SSSR count). The first kappa shape index (κ1) is 19.6. The van der Waals surface area contributed by atoms with Gasteiger partial charge in [-0.3, -0.25) is 9.71 Å². The average molecular weight is 469 g/mol. The molecule has 0 aliphatic rings. The van der Waals surface area contributed by atoms with Gasteiger partial charge < -0.3 is 0 Å². The number of pyridine rings is 1. The quantitative estimate of drug-likeness (QED) is 0.411. The second-order valence-corrected chi connectivity index (χ2v) is 10.1. The van der Waals surface area contributed by atoms with Gasteiger partial charge in [-0.25, -0.2) is 8.42 Å². The Hall–Kier alpha value is -3.34. The molecule has 0 amide bonds. The highest BCUT2D eigenvalue weighted by molar-refractivity contribution is 7.94. The maximum absolute atomic E-state index is 12.6. The van der Waals surface area contributed by atoms with Crippen LogP contribution in [0.15, 0.2) is 77.3 Å². The molecule has 11 heteroatoms. The molecular weight excluding hydrogens is 456 g/mol. The van der Waals surface area contributed by atoms with Crippen LogP contribution in [0.5, 0.6) is 0 Å². The molecule has 1 N–H and O–H groups in total. The maximum Gasteiger partial charge on any atom is 0.271 e. The number of aromatic nitrogens is 5. The summed E-state index contributed by atoms with van der Waals surface area (Å²) in [6, 6.07) is 17.3. The van der Waals surface area contributed by atoms with Crippen LogP contribution in [0.3, 0.4) is 0 Å². The fourth-order valence-electron chi connectivity index (χ4n) is 3.01. The van der Waals surface area contributed by atoms with Crippen molar-refractivity contribution >= 4 is 44.3 Å². The van der Waals surface area contributed by atoms with E-state index in [1.807, 2.05) is 30.3 Å². The van der Waals surface area contributed by atoms with Gasteiger partial charge in [0.1, 0.15) is 4.21 Å². The molecule has 31 heavy (non-hydrogen) atoms. The minimum absolute atomic E-state index is 0.147. The van der Waals surface area contributed by atoms with Crippen LogP contribution in [0.4, 0.5) is 5.69 Å². The van der Waals surface area contributed by atoms with E-state index in [0.717, 1.165) is 22.5 Å². The highest BCUT2D eigenvalue weighted by Crippen LogP contribution is 2.29. The summed E-state index contributed by atoms with van der Waals surface area (Å²) in [6.45, 7) is 0.